The lowest BCUT2D eigenvalue weighted by molar-refractivity contribution is -0.119. The second kappa shape index (κ2) is 8.91. The normalized spacial score (nSPS) is 19.1. The van der Waals surface area contributed by atoms with Crippen molar-refractivity contribution in [3.63, 3.8) is 0 Å². The van der Waals surface area contributed by atoms with Crippen LogP contribution < -0.4 is 20.0 Å². The van der Waals surface area contributed by atoms with Crippen LogP contribution in [0.3, 0.4) is 0 Å². The summed E-state index contributed by atoms with van der Waals surface area (Å²) in [6, 6.07) is 13.9. The minimum atomic E-state index is -0.381. The average molecular weight is 474 g/mol. The molecule has 2 aliphatic heterocycles. The smallest absolute Gasteiger partial charge is 0.414 e. The van der Waals surface area contributed by atoms with Crippen LogP contribution >= 0.6 is 15.9 Å². The van der Waals surface area contributed by atoms with E-state index in [-0.39, 0.29) is 18.1 Å². The van der Waals surface area contributed by atoms with Crippen LogP contribution in [0.25, 0.3) is 0 Å². The first-order valence-electron chi connectivity index (χ1n) is 9.95. The fraction of sp³-hybridized carbons (Fsp3) is 0.381. The first kappa shape index (κ1) is 20.5. The predicted octanol–water partition coefficient (Wildman–Crippen LogP) is 2.63. The monoisotopic (exact) mass is 473 g/mol. The van der Waals surface area contributed by atoms with Crippen LogP contribution in [-0.4, -0.2) is 62.4 Å². The summed E-state index contributed by atoms with van der Waals surface area (Å²) < 4.78 is 6.18. The van der Waals surface area contributed by atoms with Crippen molar-refractivity contribution < 1.29 is 14.3 Å². The van der Waals surface area contributed by atoms with Crippen LogP contribution in [0.15, 0.2) is 47.1 Å². The van der Waals surface area contributed by atoms with E-state index in [1.807, 2.05) is 42.5 Å². The quantitative estimate of drug-likeness (QED) is 0.672. The average Bonchev–Trinajstić information content (AvgIpc) is 3.13. The fourth-order valence-corrected chi connectivity index (χ4v) is 4.04. The van der Waals surface area contributed by atoms with Crippen molar-refractivity contribution in [2.24, 2.45) is 0 Å². The van der Waals surface area contributed by atoms with Gasteiger partial charge in [-0.15, -0.1) is 0 Å². The Morgan fingerprint density at radius 3 is 2.43 bits per heavy atom. The van der Waals surface area contributed by atoms with Gasteiger partial charge in [-0.3, -0.25) is 9.69 Å². The maximum absolute atomic E-state index is 12.2. The lowest BCUT2D eigenvalue weighted by atomic mass is 10.2. The highest BCUT2D eigenvalue weighted by molar-refractivity contribution is 9.10. The van der Waals surface area contributed by atoms with Gasteiger partial charge in [0.1, 0.15) is 16.5 Å². The van der Waals surface area contributed by atoms with Crippen molar-refractivity contribution in [2.75, 3.05) is 54.0 Å². The number of pyridine rings is 1. The number of hydrogen-bond donors (Lipinski definition) is 1. The van der Waals surface area contributed by atoms with Crippen LogP contribution in [0.2, 0.25) is 0 Å². The molecule has 2 saturated heterocycles. The molecule has 0 unspecified atom stereocenters. The number of carbonyl (C=O) groups excluding carboxylic acids is 2. The summed E-state index contributed by atoms with van der Waals surface area (Å²) in [7, 11) is 0. The molecular weight excluding hydrogens is 450 g/mol. The Morgan fingerprint density at radius 1 is 1.10 bits per heavy atom. The zero-order chi connectivity index (χ0) is 21.1. The van der Waals surface area contributed by atoms with Gasteiger partial charge in [0.15, 0.2) is 0 Å². The van der Waals surface area contributed by atoms with Gasteiger partial charge in [0.25, 0.3) is 0 Å². The highest BCUT2D eigenvalue weighted by atomic mass is 79.9. The Labute approximate surface area is 183 Å². The van der Waals surface area contributed by atoms with Crippen molar-refractivity contribution in [3.8, 4) is 0 Å². The molecule has 1 N–H and O–H groups in total. The number of cyclic esters (lactones) is 1. The number of anilines is 3. The first-order valence-corrected chi connectivity index (χ1v) is 10.7. The molecule has 2 amide bonds. The molecule has 8 nitrogen and oxygen atoms in total. The zero-order valence-electron chi connectivity index (χ0n) is 16.8. The molecule has 3 heterocycles. The maximum atomic E-state index is 12.2. The molecule has 0 spiro atoms. The molecule has 0 radical (unpaired) electrons. The van der Waals surface area contributed by atoms with Crippen LogP contribution in [-0.2, 0) is 9.53 Å². The second-order valence-electron chi connectivity index (χ2n) is 7.36. The second-order valence-corrected chi connectivity index (χ2v) is 8.17. The number of hydrogen-bond acceptors (Lipinski definition) is 6. The molecule has 4 rings (SSSR count). The highest BCUT2D eigenvalue weighted by Gasteiger charge is 2.32. The van der Waals surface area contributed by atoms with Gasteiger partial charge in [-0.25, -0.2) is 9.78 Å². The summed E-state index contributed by atoms with van der Waals surface area (Å²) in [4.78, 5) is 34.0. The van der Waals surface area contributed by atoms with E-state index < -0.39 is 0 Å². The summed E-state index contributed by atoms with van der Waals surface area (Å²) in [6.45, 7) is 5.80. The van der Waals surface area contributed by atoms with Gasteiger partial charge in [-0.1, -0.05) is 6.07 Å². The minimum absolute atomic E-state index is 0.135. The van der Waals surface area contributed by atoms with E-state index in [2.05, 4.69) is 36.0 Å². The number of benzene rings is 1. The number of rotatable bonds is 5. The van der Waals surface area contributed by atoms with Crippen molar-refractivity contribution in [2.45, 2.75) is 13.0 Å². The molecule has 1 aromatic carbocycles. The summed E-state index contributed by atoms with van der Waals surface area (Å²) in [6.07, 6.45) is -0.714. The number of halogens is 1. The Bertz CT molecular complexity index is 915. The van der Waals surface area contributed by atoms with Crippen molar-refractivity contribution in [3.05, 3.63) is 47.1 Å². The van der Waals surface area contributed by atoms with Crippen LogP contribution in [0, 0.1) is 0 Å². The Balaban J connectivity index is 1.34. The van der Waals surface area contributed by atoms with Crippen molar-refractivity contribution in [1.82, 2.24) is 10.3 Å². The third-order valence-electron chi connectivity index (χ3n) is 5.28. The van der Waals surface area contributed by atoms with Gasteiger partial charge in [0.05, 0.1) is 13.1 Å². The number of nitrogens with zero attached hydrogens (tertiary/aromatic N) is 4. The molecule has 0 aliphatic carbocycles. The number of aromatic nitrogens is 1. The lowest BCUT2D eigenvalue weighted by Crippen LogP contribution is -2.46. The summed E-state index contributed by atoms with van der Waals surface area (Å²) in [5.74, 6) is 0.852. The van der Waals surface area contributed by atoms with E-state index >= 15 is 0 Å². The van der Waals surface area contributed by atoms with Gasteiger partial charge in [0.2, 0.25) is 5.91 Å². The maximum Gasteiger partial charge on any atom is 0.414 e. The summed E-state index contributed by atoms with van der Waals surface area (Å²) >= 11 is 3.43. The van der Waals surface area contributed by atoms with E-state index in [0.717, 1.165) is 48.0 Å². The first-order chi connectivity index (χ1) is 14.5. The standard InChI is InChI=1S/C21H24BrN5O3/c1-15(28)23-13-18-14-27(21(29)30-18)17-7-5-16(6-8-17)25-9-11-26(12-10-25)20-4-2-3-19(22)24-20/h2-8,18H,9-14H2,1H3,(H,23,28)/t18-/m0/s1. The van der Waals surface area contributed by atoms with Gasteiger partial charge >= 0.3 is 6.09 Å². The fourth-order valence-electron chi connectivity index (χ4n) is 3.71. The molecule has 1 aromatic heterocycles. The molecule has 9 heteroatoms. The molecule has 2 aliphatic rings. The number of carbonyl (C=O) groups is 2. The molecule has 0 saturated carbocycles. The number of amides is 2. The van der Waals surface area contributed by atoms with Crippen molar-refractivity contribution in [1.29, 1.82) is 0 Å². The molecule has 30 heavy (non-hydrogen) atoms. The predicted molar refractivity (Wildman–Crippen MR) is 119 cm³/mol. The van der Waals surface area contributed by atoms with Gasteiger partial charge in [-0.2, -0.15) is 0 Å². The van der Waals surface area contributed by atoms with Crippen LogP contribution in [0.4, 0.5) is 22.0 Å². The molecule has 0 bridgehead atoms. The molecule has 1 atom stereocenters. The molecule has 158 valence electrons. The number of ether oxygens (including phenoxy) is 1. The van der Waals surface area contributed by atoms with E-state index in [4.69, 9.17) is 4.74 Å². The number of nitrogens with one attached hydrogen (secondary N) is 1. The zero-order valence-corrected chi connectivity index (χ0v) is 18.3. The van der Waals surface area contributed by atoms with Crippen LogP contribution in [0.5, 0.6) is 0 Å². The van der Waals surface area contributed by atoms with Crippen molar-refractivity contribution >= 4 is 45.1 Å². The van der Waals surface area contributed by atoms with E-state index in [1.54, 1.807) is 4.90 Å². The third kappa shape index (κ3) is 4.67. The van der Waals surface area contributed by atoms with Gasteiger partial charge < -0.3 is 19.9 Å². The Morgan fingerprint density at radius 2 is 1.77 bits per heavy atom. The molecule has 2 fully saturated rings. The van der Waals surface area contributed by atoms with Crippen LogP contribution in [0.1, 0.15) is 6.92 Å². The topological polar surface area (TPSA) is 78.0 Å². The Hall–Kier alpha value is -2.81. The van der Waals surface area contributed by atoms with E-state index in [0.29, 0.717) is 13.1 Å². The third-order valence-corrected chi connectivity index (χ3v) is 5.73. The SMILES string of the molecule is CC(=O)NC[C@H]1CN(c2ccc(N3CCN(c4cccc(Br)n4)CC3)cc2)C(=O)O1. The summed E-state index contributed by atoms with van der Waals surface area (Å²) in [5, 5.41) is 2.69. The highest BCUT2D eigenvalue weighted by Crippen LogP contribution is 2.26. The largest absolute Gasteiger partial charge is 0.442 e. The minimum Gasteiger partial charge on any atom is -0.442 e. The van der Waals surface area contributed by atoms with E-state index in [9.17, 15) is 9.59 Å². The lowest BCUT2D eigenvalue weighted by Gasteiger charge is -2.36. The number of piperazine rings is 1. The van der Waals surface area contributed by atoms with Gasteiger partial charge in [-0.05, 0) is 52.3 Å². The molecular formula is C21H24BrN5O3. The van der Waals surface area contributed by atoms with E-state index in [1.165, 1.54) is 6.92 Å². The summed E-state index contributed by atoms with van der Waals surface area (Å²) in [5.41, 5.74) is 1.93. The molecule has 2 aromatic rings. The Kier molecular flexibility index (Phi) is 6.08. The van der Waals surface area contributed by atoms with Gasteiger partial charge in [0, 0.05) is 44.5 Å².